The van der Waals surface area contributed by atoms with Crippen LogP contribution in [-0.4, -0.2) is 32.1 Å². The number of carbonyl (C=O) groups excluding carboxylic acids is 2. The molecule has 0 heterocycles. The van der Waals surface area contributed by atoms with Crippen molar-refractivity contribution in [3.05, 3.63) is 65.2 Å². The van der Waals surface area contributed by atoms with Crippen LogP contribution in [0.15, 0.2) is 42.5 Å². The molecule has 0 aliphatic rings. The first-order valence-electron chi connectivity index (χ1n) is 7.15. The highest BCUT2D eigenvalue weighted by Crippen LogP contribution is 2.19. The van der Waals surface area contributed by atoms with E-state index in [2.05, 4.69) is 10.6 Å². The summed E-state index contributed by atoms with van der Waals surface area (Å²) < 4.78 is 32.0. The first-order chi connectivity index (χ1) is 11.5. The van der Waals surface area contributed by atoms with E-state index in [0.29, 0.717) is 13.2 Å². The Morgan fingerprint density at radius 3 is 2.21 bits per heavy atom. The summed E-state index contributed by atoms with van der Waals surface area (Å²) in [6.07, 6.45) is 0. The molecule has 0 saturated heterocycles. The number of para-hydroxylation sites is 1. The molecule has 0 saturated carbocycles. The van der Waals surface area contributed by atoms with E-state index in [-0.39, 0.29) is 17.0 Å². The Morgan fingerprint density at radius 1 is 1.00 bits per heavy atom. The molecule has 24 heavy (non-hydrogen) atoms. The van der Waals surface area contributed by atoms with Gasteiger partial charge in [-0.15, -0.1) is 0 Å². The minimum atomic E-state index is -0.878. The van der Waals surface area contributed by atoms with Gasteiger partial charge in [0.25, 0.3) is 11.8 Å². The van der Waals surface area contributed by atoms with Gasteiger partial charge in [-0.25, -0.2) is 8.78 Å². The standard InChI is InChI=1S/C17H16F2N2O3/c1-24-9-8-20-16(22)11-4-2-5-12(10-11)17(23)21-15-13(18)6-3-7-14(15)19/h2-7,10H,8-9H2,1H3,(H,20,22)(H,21,23). The van der Waals surface area contributed by atoms with Crippen LogP contribution < -0.4 is 10.6 Å². The molecule has 0 bridgehead atoms. The Hall–Kier alpha value is -2.80. The van der Waals surface area contributed by atoms with E-state index in [4.69, 9.17) is 4.74 Å². The third-order valence-electron chi connectivity index (χ3n) is 3.18. The number of carbonyl (C=O) groups is 2. The fraction of sp³-hybridized carbons (Fsp3) is 0.176. The van der Waals surface area contributed by atoms with E-state index in [1.807, 2.05) is 0 Å². The minimum absolute atomic E-state index is 0.108. The Kier molecular flexibility index (Phi) is 5.97. The summed E-state index contributed by atoms with van der Waals surface area (Å²) in [6, 6.07) is 9.11. The molecule has 0 unspecified atom stereocenters. The average molecular weight is 334 g/mol. The van der Waals surface area contributed by atoms with Crippen molar-refractivity contribution >= 4 is 17.5 Å². The first kappa shape index (κ1) is 17.6. The molecule has 5 nitrogen and oxygen atoms in total. The number of methoxy groups -OCH3 is 1. The third-order valence-corrected chi connectivity index (χ3v) is 3.18. The predicted octanol–water partition coefficient (Wildman–Crippen LogP) is 2.59. The number of halogens is 2. The maximum Gasteiger partial charge on any atom is 0.255 e. The zero-order valence-electron chi connectivity index (χ0n) is 12.9. The molecule has 0 aliphatic heterocycles. The second-order valence-electron chi connectivity index (χ2n) is 4.88. The highest BCUT2D eigenvalue weighted by Gasteiger charge is 2.15. The smallest absolute Gasteiger partial charge is 0.255 e. The lowest BCUT2D eigenvalue weighted by molar-refractivity contribution is 0.0937. The van der Waals surface area contributed by atoms with Crippen molar-refractivity contribution in [1.29, 1.82) is 0 Å². The van der Waals surface area contributed by atoms with Crippen LogP contribution in [0, 0.1) is 11.6 Å². The van der Waals surface area contributed by atoms with E-state index in [0.717, 1.165) is 12.1 Å². The summed E-state index contributed by atoms with van der Waals surface area (Å²) in [7, 11) is 1.51. The average Bonchev–Trinajstić information content (AvgIpc) is 2.58. The summed E-state index contributed by atoms with van der Waals surface area (Å²) in [5.74, 6) is -2.85. The van der Waals surface area contributed by atoms with Crippen molar-refractivity contribution in [2.45, 2.75) is 0 Å². The quantitative estimate of drug-likeness (QED) is 0.798. The van der Waals surface area contributed by atoms with Crippen LogP contribution >= 0.6 is 0 Å². The molecule has 7 heteroatoms. The number of ether oxygens (including phenoxy) is 1. The Bertz CT molecular complexity index is 730. The van der Waals surface area contributed by atoms with Gasteiger partial charge in [0.15, 0.2) is 0 Å². The largest absolute Gasteiger partial charge is 0.383 e. The molecule has 0 radical (unpaired) electrons. The van der Waals surface area contributed by atoms with E-state index in [1.165, 1.54) is 37.4 Å². The molecule has 0 aliphatic carbocycles. The zero-order valence-corrected chi connectivity index (χ0v) is 12.9. The van der Waals surface area contributed by atoms with Gasteiger partial charge in [0.2, 0.25) is 0 Å². The van der Waals surface area contributed by atoms with Gasteiger partial charge in [-0.05, 0) is 30.3 Å². The number of nitrogens with one attached hydrogen (secondary N) is 2. The van der Waals surface area contributed by atoms with E-state index in [9.17, 15) is 18.4 Å². The maximum absolute atomic E-state index is 13.6. The maximum atomic E-state index is 13.6. The van der Waals surface area contributed by atoms with Gasteiger partial charge in [0.1, 0.15) is 17.3 Å². The summed E-state index contributed by atoms with van der Waals surface area (Å²) in [4.78, 5) is 24.1. The van der Waals surface area contributed by atoms with Crippen molar-refractivity contribution in [1.82, 2.24) is 5.32 Å². The molecule has 0 atom stereocenters. The van der Waals surface area contributed by atoms with Crippen LogP contribution in [0.2, 0.25) is 0 Å². The summed E-state index contributed by atoms with van der Waals surface area (Å²) in [5, 5.41) is 4.79. The normalized spacial score (nSPS) is 10.3. The topological polar surface area (TPSA) is 67.4 Å². The number of amides is 2. The summed E-state index contributed by atoms with van der Waals surface area (Å²) >= 11 is 0. The monoisotopic (exact) mass is 334 g/mol. The van der Waals surface area contributed by atoms with Gasteiger partial charge < -0.3 is 15.4 Å². The second kappa shape index (κ2) is 8.16. The highest BCUT2D eigenvalue weighted by atomic mass is 19.1. The fourth-order valence-electron chi connectivity index (χ4n) is 1.97. The molecular weight excluding hydrogens is 318 g/mol. The van der Waals surface area contributed by atoms with Gasteiger partial charge in [-0.2, -0.15) is 0 Å². The molecule has 0 aromatic heterocycles. The van der Waals surface area contributed by atoms with E-state index >= 15 is 0 Å². The Labute approximate surface area is 137 Å². The van der Waals surface area contributed by atoms with Gasteiger partial charge in [-0.1, -0.05) is 12.1 Å². The molecule has 2 aromatic rings. The summed E-state index contributed by atoms with van der Waals surface area (Å²) in [6.45, 7) is 0.685. The third kappa shape index (κ3) is 4.36. The SMILES string of the molecule is COCCNC(=O)c1cccc(C(=O)Nc2c(F)cccc2F)c1. The van der Waals surface area contributed by atoms with Crippen LogP contribution in [0.25, 0.3) is 0 Å². The van der Waals surface area contributed by atoms with Crippen LogP contribution in [0.1, 0.15) is 20.7 Å². The van der Waals surface area contributed by atoms with Crippen molar-refractivity contribution in [3.63, 3.8) is 0 Å². The lowest BCUT2D eigenvalue weighted by atomic mass is 10.1. The number of rotatable bonds is 6. The van der Waals surface area contributed by atoms with Gasteiger partial charge in [-0.3, -0.25) is 9.59 Å². The molecule has 2 aromatic carbocycles. The molecule has 2 rings (SSSR count). The van der Waals surface area contributed by atoms with Gasteiger partial charge in [0.05, 0.1) is 6.61 Å². The van der Waals surface area contributed by atoms with Crippen molar-refractivity contribution in [2.24, 2.45) is 0 Å². The van der Waals surface area contributed by atoms with Gasteiger partial charge >= 0.3 is 0 Å². The van der Waals surface area contributed by atoms with Gasteiger partial charge in [0, 0.05) is 24.8 Å². The van der Waals surface area contributed by atoms with Crippen LogP contribution in [0.5, 0.6) is 0 Å². The van der Waals surface area contributed by atoms with E-state index in [1.54, 1.807) is 0 Å². The molecule has 0 fully saturated rings. The van der Waals surface area contributed by atoms with Crippen molar-refractivity contribution in [3.8, 4) is 0 Å². The summed E-state index contributed by atoms with van der Waals surface area (Å²) in [5.41, 5.74) is -0.165. The van der Waals surface area contributed by atoms with Crippen LogP contribution in [0.4, 0.5) is 14.5 Å². The highest BCUT2D eigenvalue weighted by molar-refractivity contribution is 6.06. The fourth-order valence-corrected chi connectivity index (χ4v) is 1.97. The lowest BCUT2D eigenvalue weighted by Crippen LogP contribution is -2.27. The molecule has 126 valence electrons. The lowest BCUT2D eigenvalue weighted by Gasteiger charge is -2.09. The zero-order chi connectivity index (χ0) is 17.5. The molecule has 2 amide bonds. The van der Waals surface area contributed by atoms with E-state index < -0.39 is 23.2 Å². The Balaban J connectivity index is 2.13. The first-order valence-corrected chi connectivity index (χ1v) is 7.15. The number of benzene rings is 2. The molecular formula is C17H16F2N2O3. The molecule has 0 spiro atoms. The molecule has 2 N–H and O–H groups in total. The van der Waals surface area contributed by atoms with Crippen LogP contribution in [-0.2, 0) is 4.74 Å². The van der Waals surface area contributed by atoms with Crippen molar-refractivity contribution in [2.75, 3.05) is 25.6 Å². The second-order valence-corrected chi connectivity index (χ2v) is 4.88. The number of hydrogen-bond donors (Lipinski definition) is 2. The van der Waals surface area contributed by atoms with Crippen molar-refractivity contribution < 1.29 is 23.1 Å². The number of anilines is 1. The Morgan fingerprint density at radius 2 is 1.58 bits per heavy atom. The van der Waals surface area contributed by atoms with Crippen LogP contribution in [0.3, 0.4) is 0 Å². The number of hydrogen-bond acceptors (Lipinski definition) is 3. The minimum Gasteiger partial charge on any atom is -0.383 e. The predicted molar refractivity (Wildman–Crippen MR) is 85.0 cm³/mol.